The molecular formula is C29H41FN6OS. The van der Waals surface area contributed by atoms with Gasteiger partial charge in [-0.05, 0) is 80.3 Å². The highest BCUT2D eigenvalue weighted by molar-refractivity contribution is 7.80. The van der Waals surface area contributed by atoms with Gasteiger partial charge in [0.25, 0.3) is 0 Å². The second-order valence-electron chi connectivity index (χ2n) is 11.5. The first-order chi connectivity index (χ1) is 18.4. The smallest absolute Gasteiger partial charge is 0.232 e. The van der Waals surface area contributed by atoms with Gasteiger partial charge in [-0.25, -0.2) is 4.39 Å². The number of nitrogens with one attached hydrogen (secondary N) is 2. The molecule has 0 amide bonds. The van der Waals surface area contributed by atoms with Crippen molar-refractivity contribution in [2.24, 2.45) is 11.8 Å². The Labute approximate surface area is 231 Å². The van der Waals surface area contributed by atoms with Gasteiger partial charge >= 0.3 is 0 Å². The number of nitrogens with zero attached hydrogens (tertiary/aromatic N) is 4. The van der Waals surface area contributed by atoms with Gasteiger partial charge in [0.1, 0.15) is 17.5 Å². The van der Waals surface area contributed by atoms with Crippen LogP contribution in [0.2, 0.25) is 0 Å². The Hall–Kier alpha value is -2.52. The maximum atomic E-state index is 13.6. The highest BCUT2D eigenvalue weighted by Crippen LogP contribution is 2.34. The molecule has 0 spiro atoms. The van der Waals surface area contributed by atoms with E-state index in [9.17, 15) is 4.39 Å². The van der Waals surface area contributed by atoms with Crippen molar-refractivity contribution in [3.8, 4) is 0 Å². The molecule has 2 atom stereocenters. The summed E-state index contributed by atoms with van der Waals surface area (Å²) < 4.78 is 19.3. The van der Waals surface area contributed by atoms with Gasteiger partial charge in [0.2, 0.25) is 5.95 Å². The third-order valence-electron chi connectivity index (χ3n) is 8.29. The molecule has 38 heavy (non-hydrogen) atoms. The van der Waals surface area contributed by atoms with Crippen LogP contribution in [0.4, 0.5) is 22.0 Å². The summed E-state index contributed by atoms with van der Waals surface area (Å²) in [5.74, 6) is 3.52. The zero-order valence-corrected chi connectivity index (χ0v) is 23.5. The molecule has 0 aliphatic carbocycles. The van der Waals surface area contributed by atoms with Crippen LogP contribution in [0.15, 0.2) is 30.3 Å². The normalized spacial score (nSPS) is 23.7. The van der Waals surface area contributed by atoms with Crippen LogP contribution in [0.3, 0.4) is 0 Å². The van der Waals surface area contributed by atoms with E-state index in [1.807, 2.05) is 12.1 Å². The molecule has 2 N–H and O–H groups in total. The second-order valence-corrected chi connectivity index (χ2v) is 11.9. The van der Waals surface area contributed by atoms with Crippen molar-refractivity contribution in [3.63, 3.8) is 0 Å². The Morgan fingerprint density at radius 1 is 1.00 bits per heavy atom. The van der Waals surface area contributed by atoms with Crippen molar-refractivity contribution >= 4 is 34.9 Å². The lowest BCUT2D eigenvalue weighted by molar-refractivity contribution is 0.0515. The van der Waals surface area contributed by atoms with Crippen LogP contribution in [0.5, 0.6) is 0 Å². The Balaban J connectivity index is 1.33. The topological polar surface area (TPSA) is 65.5 Å². The maximum Gasteiger partial charge on any atom is 0.232 e. The molecule has 4 heterocycles. The van der Waals surface area contributed by atoms with E-state index in [4.69, 9.17) is 26.9 Å². The molecule has 1 aromatic carbocycles. The lowest BCUT2D eigenvalue weighted by Gasteiger charge is -2.38. The maximum absolute atomic E-state index is 13.6. The third kappa shape index (κ3) is 6.54. The molecule has 2 aromatic rings. The molecule has 2 unspecified atom stereocenters. The number of benzene rings is 1. The predicted octanol–water partition coefficient (Wildman–Crippen LogP) is 5.12. The van der Waals surface area contributed by atoms with E-state index in [-0.39, 0.29) is 11.2 Å². The highest BCUT2D eigenvalue weighted by Gasteiger charge is 2.34. The van der Waals surface area contributed by atoms with Crippen LogP contribution >= 0.6 is 12.2 Å². The fourth-order valence-corrected chi connectivity index (χ4v) is 6.47. The largest absolute Gasteiger partial charge is 0.381 e. The first kappa shape index (κ1) is 27.1. The fraction of sp³-hybridized carbons (Fsp3) is 0.621. The number of piperidine rings is 2. The Kier molecular flexibility index (Phi) is 8.63. The molecule has 0 bridgehead atoms. The van der Waals surface area contributed by atoms with Crippen LogP contribution in [0, 0.1) is 17.7 Å². The number of hydrogen-bond donors (Lipinski definition) is 2. The number of rotatable bonds is 6. The van der Waals surface area contributed by atoms with Gasteiger partial charge in [-0.2, -0.15) is 9.97 Å². The third-order valence-corrected chi connectivity index (χ3v) is 8.54. The quantitative estimate of drug-likeness (QED) is 0.490. The first-order valence-corrected chi connectivity index (χ1v) is 14.6. The van der Waals surface area contributed by atoms with Gasteiger partial charge in [-0.15, -0.1) is 0 Å². The minimum Gasteiger partial charge on any atom is -0.381 e. The predicted molar refractivity (Wildman–Crippen MR) is 156 cm³/mol. The summed E-state index contributed by atoms with van der Waals surface area (Å²) in [6.07, 6.45) is 6.61. The molecule has 3 aliphatic rings. The van der Waals surface area contributed by atoms with Crippen molar-refractivity contribution in [3.05, 3.63) is 41.7 Å². The van der Waals surface area contributed by atoms with Crippen LogP contribution in [-0.4, -0.2) is 61.0 Å². The molecule has 206 valence electrons. The summed E-state index contributed by atoms with van der Waals surface area (Å²) >= 11 is 5.74. The fourth-order valence-electron chi connectivity index (χ4n) is 6.30. The molecule has 0 radical (unpaired) electrons. The van der Waals surface area contributed by atoms with Crippen LogP contribution < -0.4 is 20.4 Å². The lowest BCUT2D eigenvalue weighted by Crippen LogP contribution is -2.45. The molecular weight excluding hydrogens is 499 g/mol. The summed E-state index contributed by atoms with van der Waals surface area (Å²) in [5.41, 5.74) is 0.941. The number of thiocarbonyl (C=S) groups is 1. The zero-order chi connectivity index (χ0) is 26.5. The van der Waals surface area contributed by atoms with E-state index in [1.165, 1.54) is 37.8 Å². The summed E-state index contributed by atoms with van der Waals surface area (Å²) in [4.78, 5) is 14.6. The van der Waals surface area contributed by atoms with E-state index in [1.54, 1.807) is 0 Å². The molecule has 0 saturated carbocycles. The second kappa shape index (κ2) is 12.1. The van der Waals surface area contributed by atoms with Crippen molar-refractivity contribution in [1.29, 1.82) is 0 Å². The number of hydrogen-bond acceptors (Lipinski definition) is 6. The van der Waals surface area contributed by atoms with E-state index in [0.717, 1.165) is 56.2 Å². The lowest BCUT2D eigenvalue weighted by atomic mass is 9.74. The van der Waals surface area contributed by atoms with Crippen LogP contribution in [0.1, 0.15) is 57.9 Å². The number of halogens is 1. The highest BCUT2D eigenvalue weighted by atomic mass is 32.1. The Morgan fingerprint density at radius 3 is 2.29 bits per heavy atom. The van der Waals surface area contributed by atoms with Gasteiger partial charge in [-0.1, -0.05) is 26.0 Å². The van der Waals surface area contributed by atoms with Gasteiger partial charge in [0.15, 0.2) is 5.11 Å². The zero-order valence-electron chi connectivity index (χ0n) is 22.7. The van der Waals surface area contributed by atoms with Crippen LogP contribution in [-0.2, 0) is 10.2 Å². The van der Waals surface area contributed by atoms with Crippen molar-refractivity contribution in [1.82, 2.24) is 15.3 Å². The van der Waals surface area contributed by atoms with E-state index < -0.39 is 0 Å². The molecule has 1 aromatic heterocycles. The minimum absolute atomic E-state index is 0.167. The molecule has 3 fully saturated rings. The van der Waals surface area contributed by atoms with Gasteiger partial charge in [-0.3, -0.25) is 0 Å². The number of ether oxygens (including phenoxy) is 1. The molecule has 7 nitrogen and oxygen atoms in total. The summed E-state index contributed by atoms with van der Waals surface area (Å²) in [6.45, 7) is 10.7. The van der Waals surface area contributed by atoms with Crippen molar-refractivity contribution in [2.45, 2.75) is 57.8 Å². The van der Waals surface area contributed by atoms with Gasteiger partial charge < -0.3 is 25.2 Å². The SMILES string of the molecule is CC1CC(C)CN(c2cc(N3CCCCC3)nc(NC(=S)NCC3(c4ccc(F)cc4)CCOCC3)n2)C1. The van der Waals surface area contributed by atoms with E-state index >= 15 is 0 Å². The molecule has 3 aliphatic heterocycles. The standard InChI is InChI=1S/C29H41FN6OS/c1-21-16-22(2)19-36(18-21)26-17-25(35-12-4-3-5-13-35)32-27(33-26)34-28(38)31-20-29(10-14-37-15-11-29)23-6-8-24(30)9-7-23/h6-9,17,21-22H,3-5,10-16,18-20H2,1-2H3,(H2,31,32,33,34,38). The Morgan fingerprint density at radius 2 is 1.63 bits per heavy atom. The monoisotopic (exact) mass is 540 g/mol. The van der Waals surface area contributed by atoms with Gasteiger partial charge in [0, 0.05) is 57.4 Å². The van der Waals surface area contributed by atoms with E-state index in [0.29, 0.717) is 42.7 Å². The van der Waals surface area contributed by atoms with Crippen molar-refractivity contribution in [2.75, 3.05) is 61.1 Å². The van der Waals surface area contributed by atoms with Crippen LogP contribution in [0.25, 0.3) is 0 Å². The molecule has 3 saturated heterocycles. The van der Waals surface area contributed by atoms with E-state index in [2.05, 4.69) is 40.3 Å². The average Bonchev–Trinajstić information content (AvgIpc) is 2.92. The minimum atomic E-state index is -0.222. The summed E-state index contributed by atoms with van der Waals surface area (Å²) in [5, 5.41) is 7.23. The molecule has 5 rings (SSSR count). The van der Waals surface area contributed by atoms with Gasteiger partial charge in [0.05, 0.1) is 0 Å². The summed E-state index contributed by atoms with van der Waals surface area (Å²) in [7, 11) is 0. The first-order valence-electron chi connectivity index (χ1n) is 14.2. The molecule has 9 heteroatoms. The van der Waals surface area contributed by atoms with Crippen molar-refractivity contribution < 1.29 is 9.13 Å². The Bertz CT molecular complexity index is 1080. The average molecular weight is 541 g/mol. The number of aromatic nitrogens is 2. The summed E-state index contributed by atoms with van der Waals surface area (Å²) in [6, 6.07) is 9.00. The number of anilines is 3.